The summed E-state index contributed by atoms with van der Waals surface area (Å²) in [5.41, 5.74) is 1.78. The topological polar surface area (TPSA) is 89.3 Å². The van der Waals surface area contributed by atoms with E-state index in [4.69, 9.17) is 16.3 Å². The first-order chi connectivity index (χ1) is 14.0. The van der Waals surface area contributed by atoms with Crippen LogP contribution in [0.5, 0.6) is 5.75 Å². The molecule has 2 aromatic rings. The van der Waals surface area contributed by atoms with Crippen molar-refractivity contribution in [2.24, 2.45) is 10.2 Å². The van der Waals surface area contributed by atoms with Gasteiger partial charge in [0.25, 0.3) is 5.91 Å². The zero-order chi connectivity index (χ0) is 20.6. The SMILES string of the molecule is COC(=O)/C=C1/S/C(=N\N=Cc2cccc(OCc3ccc(Cl)cc3)c2)NC1=O. The highest BCUT2D eigenvalue weighted by Gasteiger charge is 2.24. The summed E-state index contributed by atoms with van der Waals surface area (Å²) in [6, 6.07) is 14.8. The summed E-state index contributed by atoms with van der Waals surface area (Å²) >= 11 is 6.89. The molecule has 1 aliphatic heterocycles. The van der Waals surface area contributed by atoms with Gasteiger partial charge < -0.3 is 9.47 Å². The average Bonchev–Trinajstić information content (AvgIpc) is 3.07. The standard InChI is InChI=1S/C20H16ClN3O4S/c1-27-18(25)10-17-19(26)23-20(29-17)24-22-11-14-3-2-4-16(9-14)28-12-13-5-7-15(21)8-6-13/h2-11H,12H2,1H3,(H,23,24,26)/b17-10+,22-11?. The number of hydrogen-bond donors (Lipinski definition) is 1. The lowest BCUT2D eigenvalue weighted by molar-refractivity contribution is -0.135. The van der Waals surface area contributed by atoms with Gasteiger partial charge in [0.05, 0.1) is 18.2 Å². The van der Waals surface area contributed by atoms with Crippen molar-refractivity contribution in [3.05, 3.63) is 75.7 Å². The summed E-state index contributed by atoms with van der Waals surface area (Å²) in [7, 11) is 1.24. The number of nitrogens with zero attached hydrogens (tertiary/aromatic N) is 2. The van der Waals surface area contributed by atoms with Crippen LogP contribution in [0.15, 0.2) is 69.7 Å². The molecule has 0 saturated carbocycles. The van der Waals surface area contributed by atoms with Crippen LogP contribution in [0.1, 0.15) is 11.1 Å². The summed E-state index contributed by atoms with van der Waals surface area (Å²) in [5, 5.41) is 11.4. The molecule has 0 spiro atoms. The third-order valence-corrected chi connectivity index (χ3v) is 4.79. The predicted octanol–water partition coefficient (Wildman–Crippen LogP) is 3.53. The summed E-state index contributed by atoms with van der Waals surface area (Å²) in [6.07, 6.45) is 2.64. The molecule has 1 fully saturated rings. The number of esters is 1. The van der Waals surface area contributed by atoms with Crippen molar-refractivity contribution >= 4 is 46.6 Å². The van der Waals surface area contributed by atoms with Gasteiger partial charge in [-0.1, -0.05) is 35.9 Å². The van der Waals surface area contributed by atoms with Gasteiger partial charge >= 0.3 is 5.97 Å². The van der Waals surface area contributed by atoms with Crippen LogP contribution in [0.25, 0.3) is 0 Å². The Kier molecular flexibility index (Phi) is 7.04. The van der Waals surface area contributed by atoms with E-state index in [0.717, 1.165) is 29.0 Å². The number of nitrogens with one attached hydrogen (secondary N) is 1. The molecule has 0 aliphatic carbocycles. The van der Waals surface area contributed by atoms with Crippen LogP contribution in [-0.4, -0.2) is 30.4 Å². The van der Waals surface area contributed by atoms with Crippen LogP contribution in [0.3, 0.4) is 0 Å². The number of thioether (sulfide) groups is 1. The number of amidine groups is 1. The maximum absolute atomic E-state index is 11.8. The highest BCUT2D eigenvalue weighted by atomic mass is 35.5. The molecule has 0 unspecified atom stereocenters. The second-order valence-corrected chi connectivity index (χ2v) is 7.19. The fraction of sp³-hybridized carbons (Fsp3) is 0.100. The van der Waals surface area contributed by atoms with Crippen molar-refractivity contribution < 1.29 is 19.1 Å². The highest BCUT2D eigenvalue weighted by Crippen LogP contribution is 2.23. The predicted molar refractivity (Wildman–Crippen MR) is 113 cm³/mol. The Labute approximate surface area is 176 Å². The number of ether oxygens (including phenoxy) is 2. The van der Waals surface area contributed by atoms with E-state index in [1.165, 1.54) is 13.3 Å². The van der Waals surface area contributed by atoms with Crippen molar-refractivity contribution in [2.75, 3.05) is 7.11 Å². The molecule has 0 aromatic heterocycles. The molecule has 0 bridgehead atoms. The molecular weight excluding hydrogens is 414 g/mol. The number of amides is 1. The molecule has 1 N–H and O–H groups in total. The molecule has 1 aliphatic rings. The minimum atomic E-state index is -0.609. The molecule has 2 aromatic carbocycles. The quantitative estimate of drug-likeness (QED) is 0.328. The first-order valence-electron chi connectivity index (χ1n) is 8.40. The average molecular weight is 430 g/mol. The van der Waals surface area contributed by atoms with Gasteiger partial charge in [-0.25, -0.2) is 4.79 Å². The molecule has 29 heavy (non-hydrogen) atoms. The van der Waals surface area contributed by atoms with Gasteiger partial charge in [0.2, 0.25) is 0 Å². The van der Waals surface area contributed by atoms with Crippen LogP contribution in [0, 0.1) is 0 Å². The first kappa shape index (κ1) is 20.6. The van der Waals surface area contributed by atoms with Gasteiger partial charge in [-0.2, -0.15) is 5.10 Å². The molecular formula is C20H16ClN3O4S. The van der Waals surface area contributed by atoms with E-state index < -0.39 is 11.9 Å². The fourth-order valence-corrected chi connectivity index (χ4v) is 3.09. The van der Waals surface area contributed by atoms with Crippen LogP contribution >= 0.6 is 23.4 Å². The Hall–Kier alpha value is -3.10. The molecule has 3 rings (SSSR count). The molecule has 9 heteroatoms. The van der Waals surface area contributed by atoms with E-state index in [-0.39, 0.29) is 10.1 Å². The third kappa shape index (κ3) is 6.20. The Morgan fingerprint density at radius 3 is 2.79 bits per heavy atom. The Balaban J connectivity index is 1.60. The Morgan fingerprint density at radius 2 is 2.03 bits per heavy atom. The van der Waals surface area contributed by atoms with Gasteiger partial charge in [0.15, 0.2) is 5.17 Å². The molecule has 1 saturated heterocycles. The summed E-state index contributed by atoms with van der Waals surface area (Å²) in [4.78, 5) is 23.2. The maximum atomic E-state index is 11.8. The highest BCUT2D eigenvalue weighted by molar-refractivity contribution is 8.18. The molecule has 0 atom stereocenters. The number of carbonyl (C=O) groups is 2. The normalized spacial score (nSPS) is 16.4. The zero-order valence-electron chi connectivity index (χ0n) is 15.3. The van der Waals surface area contributed by atoms with E-state index in [0.29, 0.717) is 17.4 Å². The van der Waals surface area contributed by atoms with Gasteiger partial charge in [0, 0.05) is 11.1 Å². The third-order valence-electron chi connectivity index (χ3n) is 3.63. The van der Waals surface area contributed by atoms with Gasteiger partial charge in [-0.3, -0.25) is 10.1 Å². The van der Waals surface area contributed by atoms with Gasteiger partial charge in [-0.15, -0.1) is 5.10 Å². The summed E-state index contributed by atoms with van der Waals surface area (Å²) < 4.78 is 10.3. The summed E-state index contributed by atoms with van der Waals surface area (Å²) in [6.45, 7) is 0.415. The van der Waals surface area contributed by atoms with Crippen molar-refractivity contribution in [2.45, 2.75) is 6.61 Å². The maximum Gasteiger partial charge on any atom is 0.331 e. The minimum Gasteiger partial charge on any atom is -0.489 e. The van der Waals surface area contributed by atoms with Crippen molar-refractivity contribution in [3.63, 3.8) is 0 Å². The minimum absolute atomic E-state index is 0.198. The molecule has 148 valence electrons. The Morgan fingerprint density at radius 1 is 1.24 bits per heavy atom. The van der Waals surface area contributed by atoms with Crippen molar-refractivity contribution in [3.8, 4) is 5.75 Å². The lowest BCUT2D eigenvalue weighted by atomic mass is 10.2. The lowest BCUT2D eigenvalue weighted by Gasteiger charge is -2.06. The molecule has 0 radical (unpaired) electrons. The van der Waals surface area contributed by atoms with E-state index in [2.05, 4.69) is 20.3 Å². The second kappa shape index (κ2) is 9.90. The number of methoxy groups -OCH3 is 1. The number of benzene rings is 2. The van der Waals surface area contributed by atoms with Crippen LogP contribution in [-0.2, 0) is 20.9 Å². The zero-order valence-corrected chi connectivity index (χ0v) is 16.9. The monoisotopic (exact) mass is 429 g/mol. The van der Waals surface area contributed by atoms with E-state index >= 15 is 0 Å². The van der Waals surface area contributed by atoms with Crippen LogP contribution in [0.4, 0.5) is 0 Å². The van der Waals surface area contributed by atoms with E-state index in [9.17, 15) is 9.59 Å². The molecule has 1 heterocycles. The Bertz CT molecular complexity index is 1000. The number of rotatable bonds is 6. The fourth-order valence-electron chi connectivity index (χ4n) is 2.22. The van der Waals surface area contributed by atoms with Gasteiger partial charge in [-0.05, 0) is 47.2 Å². The number of carbonyl (C=O) groups excluding carboxylic acids is 2. The smallest absolute Gasteiger partial charge is 0.331 e. The van der Waals surface area contributed by atoms with E-state index in [1.54, 1.807) is 0 Å². The summed E-state index contributed by atoms with van der Waals surface area (Å²) in [5.74, 6) is -0.349. The van der Waals surface area contributed by atoms with E-state index in [1.807, 2.05) is 48.5 Å². The van der Waals surface area contributed by atoms with Crippen molar-refractivity contribution in [1.29, 1.82) is 0 Å². The van der Waals surface area contributed by atoms with Crippen LogP contribution < -0.4 is 10.1 Å². The van der Waals surface area contributed by atoms with Crippen LogP contribution in [0.2, 0.25) is 5.02 Å². The molecule has 1 amide bonds. The number of hydrogen-bond acceptors (Lipinski definition) is 7. The molecule has 7 nitrogen and oxygen atoms in total. The van der Waals surface area contributed by atoms with Gasteiger partial charge in [0.1, 0.15) is 12.4 Å². The largest absolute Gasteiger partial charge is 0.489 e. The number of halogens is 1. The lowest BCUT2D eigenvalue weighted by Crippen LogP contribution is -2.19. The second-order valence-electron chi connectivity index (χ2n) is 5.73. The first-order valence-corrected chi connectivity index (χ1v) is 9.60. The van der Waals surface area contributed by atoms with Crippen molar-refractivity contribution in [1.82, 2.24) is 5.32 Å².